The molecule has 2 heterocycles. The minimum atomic E-state index is -1.64. The van der Waals surface area contributed by atoms with E-state index in [1.165, 1.54) is 0 Å². The Hall–Kier alpha value is -1.07. The number of fused-ring (bicyclic) bond motifs is 2. The SMILES string of the molecule is CC(CCC(OC1OCC(O)C(O)C1O)C(C)(C)OC1OC(CO)C(O)C(O)C1O)C1CCC2(C)C3C(O)CC4C(C)(C)C=CC(=O)C45CC35CCC12C. The largest absolute Gasteiger partial charge is 0.394 e. The molecule has 19 atom stereocenters. The lowest BCUT2D eigenvalue weighted by Crippen LogP contribution is -2.62. The molecule has 5 aliphatic carbocycles. The summed E-state index contributed by atoms with van der Waals surface area (Å²) in [7, 11) is 0. The van der Waals surface area contributed by atoms with Gasteiger partial charge in [0.2, 0.25) is 0 Å². The average molecular weight is 767 g/mol. The molecule has 7 rings (SSSR count). The van der Waals surface area contributed by atoms with Crippen molar-refractivity contribution in [2.24, 2.45) is 50.7 Å². The number of ketones is 1. The number of aliphatic hydroxyl groups is 8. The van der Waals surface area contributed by atoms with Crippen LogP contribution in [0.25, 0.3) is 0 Å². The quantitative estimate of drug-likeness (QED) is 0.159. The van der Waals surface area contributed by atoms with E-state index in [0.717, 1.165) is 32.1 Å². The van der Waals surface area contributed by atoms with Crippen LogP contribution in [0, 0.1) is 50.7 Å². The lowest BCUT2D eigenvalue weighted by molar-refractivity contribution is -0.348. The van der Waals surface area contributed by atoms with Crippen molar-refractivity contribution in [3.63, 3.8) is 0 Å². The van der Waals surface area contributed by atoms with Crippen molar-refractivity contribution in [3.05, 3.63) is 12.2 Å². The van der Waals surface area contributed by atoms with E-state index >= 15 is 0 Å². The molecule has 54 heavy (non-hydrogen) atoms. The van der Waals surface area contributed by atoms with Gasteiger partial charge in [-0.15, -0.1) is 0 Å². The molecule has 19 unspecified atom stereocenters. The van der Waals surface area contributed by atoms with E-state index in [0.29, 0.717) is 25.2 Å². The molecule has 13 heteroatoms. The molecular weight excluding hydrogens is 700 g/mol. The van der Waals surface area contributed by atoms with Crippen LogP contribution in [0.5, 0.6) is 0 Å². The second-order valence-electron chi connectivity index (χ2n) is 20.0. The van der Waals surface area contributed by atoms with E-state index in [9.17, 15) is 45.6 Å². The van der Waals surface area contributed by atoms with Gasteiger partial charge in [-0.2, -0.15) is 0 Å². The number of hydrogen-bond acceptors (Lipinski definition) is 13. The molecule has 7 aliphatic rings. The molecule has 2 saturated heterocycles. The van der Waals surface area contributed by atoms with E-state index in [-0.39, 0.29) is 57.2 Å². The maximum absolute atomic E-state index is 13.8. The second kappa shape index (κ2) is 13.8. The first-order chi connectivity index (χ1) is 25.1. The molecule has 308 valence electrons. The molecule has 13 nitrogen and oxygen atoms in total. The van der Waals surface area contributed by atoms with Crippen LogP contribution in [0.15, 0.2) is 12.2 Å². The average Bonchev–Trinajstić information content (AvgIpc) is 3.70. The number of aliphatic hydroxyl groups excluding tert-OH is 8. The van der Waals surface area contributed by atoms with Crippen molar-refractivity contribution >= 4 is 5.78 Å². The van der Waals surface area contributed by atoms with Crippen LogP contribution in [-0.4, -0.2) is 133 Å². The fraction of sp³-hybridized carbons (Fsp3) is 0.927. The molecule has 2 spiro atoms. The van der Waals surface area contributed by atoms with Crippen molar-refractivity contribution < 1.29 is 64.6 Å². The van der Waals surface area contributed by atoms with Gasteiger partial charge in [-0.3, -0.25) is 4.79 Å². The van der Waals surface area contributed by atoms with E-state index in [2.05, 4.69) is 40.7 Å². The zero-order chi connectivity index (χ0) is 39.6. The zero-order valence-electron chi connectivity index (χ0n) is 33.0. The molecular formula is C41H66O13. The molecule has 6 fully saturated rings. The molecule has 0 aromatic rings. The van der Waals surface area contributed by atoms with Gasteiger partial charge in [0.1, 0.15) is 42.7 Å². The summed E-state index contributed by atoms with van der Waals surface area (Å²) in [4.78, 5) is 13.8. The summed E-state index contributed by atoms with van der Waals surface area (Å²) in [6, 6.07) is 0. The van der Waals surface area contributed by atoms with Crippen LogP contribution >= 0.6 is 0 Å². The summed E-state index contributed by atoms with van der Waals surface area (Å²) < 4.78 is 24.0. The zero-order valence-corrected chi connectivity index (χ0v) is 33.0. The van der Waals surface area contributed by atoms with Gasteiger partial charge in [0.15, 0.2) is 18.4 Å². The Morgan fingerprint density at radius 3 is 2.24 bits per heavy atom. The summed E-state index contributed by atoms with van der Waals surface area (Å²) in [6.07, 6.45) is -4.05. The fourth-order valence-corrected chi connectivity index (χ4v) is 13.4. The molecule has 0 bridgehead atoms. The molecule has 2 aliphatic heterocycles. The Morgan fingerprint density at radius 2 is 1.56 bits per heavy atom. The highest BCUT2D eigenvalue weighted by atomic mass is 16.7. The predicted molar refractivity (Wildman–Crippen MR) is 193 cm³/mol. The molecule has 0 aromatic heterocycles. The summed E-state index contributed by atoms with van der Waals surface area (Å²) in [5.74, 6) is 0.926. The smallest absolute Gasteiger partial charge is 0.187 e. The second-order valence-corrected chi connectivity index (χ2v) is 20.0. The molecule has 0 radical (unpaired) electrons. The van der Waals surface area contributed by atoms with Crippen LogP contribution in [0.4, 0.5) is 0 Å². The van der Waals surface area contributed by atoms with Gasteiger partial charge in [0.05, 0.1) is 31.0 Å². The summed E-state index contributed by atoms with van der Waals surface area (Å²) in [6.45, 7) is 14.0. The first kappa shape index (κ1) is 41.1. The number of carbonyl (C=O) groups is 1. The van der Waals surface area contributed by atoms with Crippen LogP contribution in [0.3, 0.4) is 0 Å². The lowest BCUT2D eigenvalue weighted by atomic mass is 9.41. The highest BCUT2D eigenvalue weighted by Gasteiger charge is 2.85. The van der Waals surface area contributed by atoms with E-state index in [1.54, 1.807) is 13.8 Å². The highest BCUT2D eigenvalue weighted by molar-refractivity contribution is 6.00. The normalized spacial score (nSPS) is 52.1. The summed E-state index contributed by atoms with van der Waals surface area (Å²) >= 11 is 0. The Balaban J connectivity index is 1.10. The number of ether oxygens (including phenoxy) is 4. The lowest BCUT2D eigenvalue weighted by Gasteiger charge is -2.63. The van der Waals surface area contributed by atoms with Gasteiger partial charge in [0.25, 0.3) is 0 Å². The molecule has 8 N–H and O–H groups in total. The van der Waals surface area contributed by atoms with Gasteiger partial charge in [-0.25, -0.2) is 0 Å². The minimum absolute atomic E-state index is 0.0390. The number of allylic oxidation sites excluding steroid dienone is 2. The highest BCUT2D eigenvalue weighted by Crippen LogP contribution is 2.87. The Morgan fingerprint density at radius 1 is 0.870 bits per heavy atom. The third kappa shape index (κ3) is 5.88. The minimum Gasteiger partial charge on any atom is -0.394 e. The van der Waals surface area contributed by atoms with Crippen molar-refractivity contribution in [1.29, 1.82) is 0 Å². The van der Waals surface area contributed by atoms with Crippen molar-refractivity contribution in [3.8, 4) is 0 Å². The van der Waals surface area contributed by atoms with Gasteiger partial charge in [-0.1, -0.05) is 40.7 Å². The van der Waals surface area contributed by atoms with Gasteiger partial charge in [0, 0.05) is 5.41 Å². The summed E-state index contributed by atoms with van der Waals surface area (Å²) in [5.41, 5.74) is -2.22. The maximum Gasteiger partial charge on any atom is 0.187 e. The first-order valence-electron chi connectivity index (χ1n) is 20.3. The third-order valence-electron chi connectivity index (χ3n) is 16.7. The number of carbonyl (C=O) groups excluding carboxylic acids is 1. The molecule has 0 aromatic carbocycles. The van der Waals surface area contributed by atoms with Crippen LogP contribution < -0.4 is 0 Å². The number of hydrogen-bond donors (Lipinski definition) is 8. The monoisotopic (exact) mass is 766 g/mol. The Kier molecular flexibility index (Phi) is 10.5. The van der Waals surface area contributed by atoms with Crippen LogP contribution in [0.2, 0.25) is 0 Å². The van der Waals surface area contributed by atoms with E-state index in [4.69, 9.17) is 18.9 Å². The van der Waals surface area contributed by atoms with Gasteiger partial charge < -0.3 is 59.8 Å². The standard InChI is InChI=1S/C41H66O13/c1-20(21-10-13-39(7)33-22(43)16-25-36(2,3)12-11-26(45)41(25)19-40(33,41)15-14-38(21,39)6)8-9-27(53-34-31(49)28(46)23(44)18-51-34)37(4,5)54-35-32(50)30(48)29(47)24(17-42)52-35/h11-12,20-25,27-35,42-44,46-50H,8-10,13-19H2,1-7H3. The summed E-state index contributed by atoms with van der Waals surface area (Å²) in [5, 5.41) is 84.7. The Labute approximate surface area is 319 Å². The van der Waals surface area contributed by atoms with Gasteiger partial charge >= 0.3 is 0 Å². The molecule has 4 saturated carbocycles. The van der Waals surface area contributed by atoms with Crippen LogP contribution in [-0.2, 0) is 23.7 Å². The van der Waals surface area contributed by atoms with Crippen molar-refractivity contribution in [2.45, 2.75) is 173 Å². The van der Waals surface area contributed by atoms with E-state index < -0.39 is 79.7 Å². The third-order valence-corrected chi connectivity index (χ3v) is 16.7. The van der Waals surface area contributed by atoms with Gasteiger partial charge in [-0.05, 0) is 117 Å². The Bertz CT molecular complexity index is 1450. The predicted octanol–water partition coefficient (Wildman–Crippen LogP) is 1.58. The van der Waals surface area contributed by atoms with Crippen molar-refractivity contribution in [1.82, 2.24) is 0 Å². The maximum atomic E-state index is 13.8. The van der Waals surface area contributed by atoms with Crippen LogP contribution in [0.1, 0.15) is 99.8 Å². The number of rotatable bonds is 10. The van der Waals surface area contributed by atoms with Crippen molar-refractivity contribution in [2.75, 3.05) is 13.2 Å². The topological polar surface area (TPSA) is 216 Å². The molecule has 0 amide bonds. The fourth-order valence-electron chi connectivity index (χ4n) is 13.4. The van der Waals surface area contributed by atoms with E-state index in [1.807, 2.05) is 6.08 Å². The first-order valence-corrected chi connectivity index (χ1v) is 20.3.